The number of benzene rings is 2. The van der Waals surface area contributed by atoms with Crippen LogP contribution in [0.2, 0.25) is 5.02 Å². The molecule has 0 atom stereocenters. The molecule has 3 rings (SSSR count). The average molecular weight is 483 g/mol. The molecule has 2 aromatic carbocycles. The molecule has 0 spiro atoms. The summed E-state index contributed by atoms with van der Waals surface area (Å²) < 4.78 is 53.1. The summed E-state index contributed by atoms with van der Waals surface area (Å²) in [5.74, 6) is -1.40. The van der Waals surface area contributed by atoms with Crippen molar-refractivity contribution >= 4 is 28.9 Å². The fraction of sp³-hybridized carbons (Fsp3) is 0.273. The van der Waals surface area contributed by atoms with E-state index in [2.05, 4.69) is 5.10 Å². The van der Waals surface area contributed by atoms with Crippen LogP contribution in [0.5, 0.6) is 11.5 Å². The van der Waals surface area contributed by atoms with Crippen LogP contribution in [-0.4, -0.2) is 42.1 Å². The van der Waals surface area contributed by atoms with E-state index in [9.17, 15) is 18.0 Å². The fourth-order valence-electron chi connectivity index (χ4n) is 3.31. The molecule has 2 N–H and O–H groups in total. The van der Waals surface area contributed by atoms with Crippen LogP contribution in [0.4, 0.5) is 24.5 Å². The van der Waals surface area contributed by atoms with E-state index < -0.39 is 12.1 Å². The van der Waals surface area contributed by atoms with Gasteiger partial charge >= 0.3 is 12.1 Å². The van der Waals surface area contributed by atoms with Crippen molar-refractivity contribution in [2.24, 2.45) is 12.8 Å². The summed E-state index contributed by atoms with van der Waals surface area (Å²) in [6, 6.07) is 8.57. The van der Waals surface area contributed by atoms with Crippen molar-refractivity contribution in [3.63, 3.8) is 0 Å². The normalized spacial score (nSPS) is 11.4. The predicted octanol–water partition coefficient (Wildman–Crippen LogP) is 4.62. The fourth-order valence-corrected chi connectivity index (χ4v) is 3.58. The highest BCUT2D eigenvalue weighted by atomic mass is 35.5. The molecule has 3 aromatic rings. The highest BCUT2D eigenvalue weighted by Gasteiger charge is 2.44. The molecule has 1 aromatic heterocycles. The Hall–Kier alpha value is -3.24. The molecule has 1 heterocycles. The first-order chi connectivity index (χ1) is 15.6. The number of nitrogens with two attached hydrogens (primary N) is 1. The molecule has 0 aliphatic carbocycles. The van der Waals surface area contributed by atoms with E-state index in [1.54, 1.807) is 20.0 Å². The van der Waals surface area contributed by atoms with Crippen LogP contribution in [0.15, 0.2) is 42.6 Å². The molecule has 0 saturated carbocycles. The average Bonchev–Trinajstić information content (AvgIpc) is 3.11. The maximum atomic E-state index is 13.6. The van der Waals surface area contributed by atoms with Crippen molar-refractivity contribution in [1.82, 2.24) is 9.78 Å². The van der Waals surface area contributed by atoms with Gasteiger partial charge in [-0.25, -0.2) is 0 Å². The molecule has 1 amide bonds. The molecule has 7 nitrogen and oxygen atoms in total. The quantitative estimate of drug-likeness (QED) is 0.531. The van der Waals surface area contributed by atoms with Crippen LogP contribution in [0.25, 0.3) is 11.3 Å². The Morgan fingerprint density at radius 3 is 2.42 bits per heavy atom. The van der Waals surface area contributed by atoms with Gasteiger partial charge in [-0.3, -0.25) is 14.4 Å². The summed E-state index contributed by atoms with van der Waals surface area (Å²) in [6.45, 7) is 2.13. The highest BCUT2D eigenvalue weighted by molar-refractivity contribution is 6.33. The number of hydrogen-bond donors (Lipinski definition) is 1. The van der Waals surface area contributed by atoms with Crippen LogP contribution in [0.3, 0.4) is 0 Å². The minimum atomic E-state index is -5.13. The zero-order chi connectivity index (χ0) is 24.3. The zero-order valence-corrected chi connectivity index (χ0v) is 18.9. The molecular weight excluding hydrogens is 461 g/mol. The number of aromatic nitrogens is 2. The standard InChI is InChI=1S/C22H22ClF3N4O3/c1-13-4-5-15(11-19(13)32-3)30(21(31)22(24,25)26)14-6-7-18(33-9-8-27)16(10-14)20-17(23)12-28-29(20)2/h4-7,10-12H,8-9,27H2,1-3H3. The van der Waals surface area contributed by atoms with Crippen LogP contribution in [-0.2, 0) is 11.8 Å². The molecule has 11 heteroatoms. The van der Waals surface area contributed by atoms with Gasteiger partial charge in [-0.1, -0.05) is 17.7 Å². The number of aryl methyl sites for hydroxylation is 2. The number of amides is 1. The molecular formula is C22H22ClF3N4O3. The first-order valence-corrected chi connectivity index (χ1v) is 10.2. The number of ether oxygens (including phenoxy) is 2. The lowest BCUT2D eigenvalue weighted by molar-refractivity contribution is -0.169. The van der Waals surface area contributed by atoms with Gasteiger partial charge in [0.1, 0.15) is 18.1 Å². The Kier molecular flexibility index (Phi) is 7.19. The number of halogens is 4. The maximum absolute atomic E-state index is 13.6. The summed E-state index contributed by atoms with van der Waals surface area (Å²) in [5, 5.41) is 4.34. The minimum absolute atomic E-state index is 0.0162. The third-order valence-electron chi connectivity index (χ3n) is 4.84. The third-order valence-corrected chi connectivity index (χ3v) is 5.12. The number of methoxy groups -OCH3 is 1. The zero-order valence-electron chi connectivity index (χ0n) is 18.1. The van der Waals surface area contributed by atoms with Gasteiger partial charge in [0.25, 0.3) is 0 Å². The first kappa shape index (κ1) is 24.4. The van der Waals surface area contributed by atoms with E-state index in [0.717, 1.165) is 0 Å². The molecule has 0 aliphatic heterocycles. The number of hydrogen-bond acceptors (Lipinski definition) is 5. The van der Waals surface area contributed by atoms with Crippen molar-refractivity contribution in [3.05, 3.63) is 53.2 Å². The van der Waals surface area contributed by atoms with Crippen LogP contribution in [0, 0.1) is 6.92 Å². The Morgan fingerprint density at radius 1 is 1.18 bits per heavy atom. The summed E-state index contributed by atoms with van der Waals surface area (Å²) in [7, 11) is 3.03. The molecule has 176 valence electrons. The topological polar surface area (TPSA) is 82.6 Å². The number of anilines is 2. The first-order valence-electron chi connectivity index (χ1n) is 9.79. The Labute approximate surface area is 193 Å². The number of alkyl halides is 3. The van der Waals surface area contributed by atoms with E-state index in [-0.39, 0.29) is 29.5 Å². The molecule has 0 saturated heterocycles. The summed E-state index contributed by atoms with van der Waals surface area (Å²) in [5.41, 5.74) is 6.93. The van der Waals surface area contributed by atoms with Gasteiger partial charge < -0.3 is 15.2 Å². The predicted molar refractivity (Wildman–Crippen MR) is 119 cm³/mol. The molecule has 0 aliphatic rings. The molecule has 0 fully saturated rings. The molecule has 0 unspecified atom stereocenters. The number of nitrogens with zero attached hydrogens (tertiary/aromatic N) is 3. The SMILES string of the molecule is COc1cc(N(C(=O)C(F)(F)F)c2ccc(OCCN)c(-c3c(Cl)cnn3C)c2)ccc1C. The molecule has 0 bridgehead atoms. The maximum Gasteiger partial charge on any atom is 0.472 e. The lowest BCUT2D eigenvalue weighted by atomic mass is 10.1. The van der Waals surface area contributed by atoms with E-state index in [1.165, 1.54) is 48.3 Å². The number of carbonyl (C=O) groups excluding carboxylic acids is 1. The monoisotopic (exact) mass is 482 g/mol. The van der Waals surface area contributed by atoms with Gasteiger partial charge in [0.15, 0.2) is 0 Å². The molecule has 0 radical (unpaired) electrons. The minimum Gasteiger partial charge on any atom is -0.496 e. The summed E-state index contributed by atoms with van der Waals surface area (Å²) in [4.78, 5) is 13.1. The second kappa shape index (κ2) is 9.72. The van der Waals surface area contributed by atoms with E-state index >= 15 is 0 Å². The van der Waals surface area contributed by atoms with Gasteiger partial charge in [-0.05, 0) is 36.8 Å². The van der Waals surface area contributed by atoms with Crippen LogP contribution >= 0.6 is 11.6 Å². The Morgan fingerprint density at radius 2 is 1.85 bits per heavy atom. The van der Waals surface area contributed by atoms with Gasteiger partial charge in [-0.15, -0.1) is 0 Å². The van der Waals surface area contributed by atoms with E-state index in [4.69, 9.17) is 26.8 Å². The van der Waals surface area contributed by atoms with Gasteiger partial charge in [0.05, 0.1) is 35.4 Å². The summed E-state index contributed by atoms with van der Waals surface area (Å²) in [6.07, 6.45) is -3.73. The third kappa shape index (κ3) is 5.07. The largest absolute Gasteiger partial charge is 0.496 e. The van der Waals surface area contributed by atoms with E-state index in [0.29, 0.717) is 33.2 Å². The summed E-state index contributed by atoms with van der Waals surface area (Å²) >= 11 is 6.29. The number of rotatable bonds is 7. The van der Waals surface area contributed by atoms with Crippen molar-refractivity contribution in [3.8, 4) is 22.8 Å². The second-order valence-corrected chi connectivity index (χ2v) is 7.48. The van der Waals surface area contributed by atoms with Crippen molar-refractivity contribution in [1.29, 1.82) is 0 Å². The molecule has 33 heavy (non-hydrogen) atoms. The highest BCUT2D eigenvalue weighted by Crippen LogP contribution is 2.41. The van der Waals surface area contributed by atoms with Crippen LogP contribution < -0.4 is 20.1 Å². The number of carbonyl (C=O) groups is 1. The van der Waals surface area contributed by atoms with Crippen molar-refractivity contribution in [2.75, 3.05) is 25.2 Å². The lowest BCUT2D eigenvalue weighted by Gasteiger charge is -2.26. The van der Waals surface area contributed by atoms with Crippen LogP contribution in [0.1, 0.15) is 5.56 Å². The Balaban J connectivity index is 2.24. The van der Waals surface area contributed by atoms with Crippen molar-refractivity contribution in [2.45, 2.75) is 13.1 Å². The van der Waals surface area contributed by atoms with Gasteiger partial charge in [-0.2, -0.15) is 18.3 Å². The Bertz CT molecular complexity index is 1140. The lowest BCUT2D eigenvalue weighted by Crippen LogP contribution is -2.38. The van der Waals surface area contributed by atoms with E-state index in [1.807, 2.05) is 0 Å². The van der Waals surface area contributed by atoms with Gasteiger partial charge in [0.2, 0.25) is 0 Å². The van der Waals surface area contributed by atoms with Gasteiger partial charge in [0, 0.05) is 25.2 Å². The smallest absolute Gasteiger partial charge is 0.472 e. The second-order valence-electron chi connectivity index (χ2n) is 7.07. The van der Waals surface area contributed by atoms with Crippen molar-refractivity contribution < 1.29 is 27.4 Å².